The number of pyridine rings is 1. The van der Waals surface area contributed by atoms with Gasteiger partial charge in [-0.05, 0) is 36.4 Å². The van der Waals surface area contributed by atoms with Crippen LogP contribution in [-0.4, -0.2) is 26.3 Å². The molecule has 160 valence electrons. The number of hydrogen-bond acceptors (Lipinski definition) is 6. The largest absolute Gasteiger partial charge is 0.494 e. The molecule has 9 heteroatoms. The van der Waals surface area contributed by atoms with Crippen LogP contribution in [0.25, 0.3) is 21.8 Å². The highest BCUT2D eigenvalue weighted by molar-refractivity contribution is 7.55. The summed E-state index contributed by atoms with van der Waals surface area (Å²) < 4.78 is 27.8. The van der Waals surface area contributed by atoms with Gasteiger partial charge in [0, 0.05) is 41.8 Å². The molecule has 0 unspecified atom stereocenters. The Kier molecular flexibility index (Phi) is 6.03. The van der Waals surface area contributed by atoms with E-state index in [4.69, 9.17) is 30.4 Å². The summed E-state index contributed by atoms with van der Waals surface area (Å²) in [5.41, 5.74) is 3.77. The normalized spacial score (nSPS) is 11.6. The lowest BCUT2D eigenvalue weighted by Gasteiger charge is -2.19. The molecule has 4 aromatic rings. The van der Waals surface area contributed by atoms with Crippen LogP contribution >= 0.6 is 19.3 Å². The molecule has 0 aliphatic carbocycles. The van der Waals surface area contributed by atoms with E-state index < -0.39 is 7.75 Å². The molecule has 0 saturated heterocycles. The highest BCUT2D eigenvalue weighted by Gasteiger charge is 2.21. The Balaban J connectivity index is 1.80. The van der Waals surface area contributed by atoms with Crippen molar-refractivity contribution in [3.8, 4) is 5.75 Å². The van der Waals surface area contributed by atoms with Gasteiger partial charge in [0.1, 0.15) is 5.75 Å². The second-order valence-electron chi connectivity index (χ2n) is 6.68. The van der Waals surface area contributed by atoms with Gasteiger partial charge in [-0.15, -0.1) is 0 Å². The zero-order valence-corrected chi connectivity index (χ0v) is 18.8. The molecule has 0 aliphatic rings. The second-order valence-corrected chi connectivity index (χ2v) is 9.07. The third-order valence-electron chi connectivity index (χ3n) is 4.85. The maximum absolute atomic E-state index is 12.4. The monoisotopic (exact) mass is 457 g/mol. The first-order valence-electron chi connectivity index (χ1n) is 9.39. The molecule has 1 aromatic heterocycles. The Bertz CT molecular complexity index is 1310. The molecule has 0 aliphatic heterocycles. The summed E-state index contributed by atoms with van der Waals surface area (Å²) in [5.74, 6) is 0.548. The summed E-state index contributed by atoms with van der Waals surface area (Å²) in [6, 6.07) is 18.8. The third-order valence-corrected chi connectivity index (χ3v) is 6.58. The standard InChI is InChI=1S/C22H21ClN3O4P/c1-28-21-13-15(26-31(27,29-2)30-3)9-11-19(21)25-22-16-6-4-5-7-18(16)24-20-12-14(23)8-10-17(20)22/h4-13H,1-3H3,(H,24,25)(H,26,27). The van der Waals surface area contributed by atoms with E-state index in [0.29, 0.717) is 16.5 Å². The minimum Gasteiger partial charge on any atom is -0.494 e. The van der Waals surface area contributed by atoms with Crippen molar-refractivity contribution in [1.29, 1.82) is 0 Å². The lowest BCUT2D eigenvalue weighted by atomic mass is 10.1. The predicted molar refractivity (Wildman–Crippen MR) is 126 cm³/mol. The van der Waals surface area contributed by atoms with Gasteiger partial charge in [-0.1, -0.05) is 29.8 Å². The molecule has 3 aromatic carbocycles. The molecule has 0 radical (unpaired) electrons. The van der Waals surface area contributed by atoms with E-state index in [0.717, 1.165) is 33.2 Å². The second kappa shape index (κ2) is 8.73. The summed E-state index contributed by atoms with van der Waals surface area (Å²) in [6.07, 6.45) is 0. The van der Waals surface area contributed by atoms with Gasteiger partial charge in [-0.3, -0.25) is 14.1 Å². The third kappa shape index (κ3) is 4.31. The molecule has 0 spiro atoms. The van der Waals surface area contributed by atoms with Crippen molar-refractivity contribution in [3.63, 3.8) is 0 Å². The van der Waals surface area contributed by atoms with Crippen molar-refractivity contribution < 1.29 is 18.3 Å². The van der Waals surface area contributed by atoms with Crippen molar-refractivity contribution in [3.05, 3.63) is 65.7 Å². The fourth-order valence-corrected chi connectivity index (χ4v) is 4.28. The van der Waals surface area contributed by atoms with E-state index in [2.05, 4.69) is 10.4 Å². The van der Waals surface area contributed by atoms with Crippen molar-refractivity contribution >= 4 is 58.2 Å². The van der Waals surface area contributed by atoms with Crippen LogP contribution in [0, 0.1) is 0 Å². The molecule has 0 saturated carbocycles. The van der Waals surface area contributed by atoms with Crippen molar-refractivity contribution in [2.45, 2.75) is 0 Å². The summed E-state index contributed by atoms with van der Waals surface area (Å²) in [4.78, 5) is 4.73. The molecule has 0 atom stereocenters. The van der Waals surface area contributed by atoms with Crippen LogP contribution in [0.15, 0.2) is 60.7 Å². The number of anilines is 3. The smallest absolute Gasteiger partial charge is 0.432 e. The molecule has 0 amide bonds. The van der Waals surface area contributed by atoms with Crippen LogP contribution in [0.3, 0.4) is 0 Å². The van der Waals surface area contributed by atoms with Gasteiger partial charge in [0.2, 0.25) is 0 Å². The van der Waals surface area contributed by atoms with Gasteiger partial charge in [-0.25, -0.2) is 9.55 Å². The number of nitrogens with zero attached hydrogens (tertiary/aromatic N) is 1. The molecular formula is C22H21ClN3O4P. The number of aromatic nitrogens is 1. The lowest BCUT2D eigenvalue weighted by molar-refractivity contribution is 0.281. The fraction of sp³-hybridized carbons (Fsp3) is 0.136. The average molecular weight is 458 g/mol. The first-order chi connectivity index (χ1) is 15.0. The Labute approximate surface area is 184 Å². The summed E-state index contributed by atoms with van der Waals surface area (Å²) in [5, 5.41) is 8.75. The van der Waals surface area contributed by atoms with E-state index in [-0.39, 0.29) is 0 Å². The quantitative estimate of drug-likeness (QED) is 0.239. The fourth-order valence-electron chi connectivity index (χ4n) is 3.32. The maximum atomic E-state index is 12.4. The first-order valence-corrected chi connectivity index (χ1v) is 11.3. The number of methoxy groups -OCH3 is 1. The van der Waals surface area contributed by atoms with Gasteiger partial charge in [-0.2, -0.15) is 0 Å². The van der Waals surface area contributed by atoms with Gasteiger partial charge in [0.15, 0.2) is 0 Å². The number of fused-ring (bicyclic) bond motifs is 2. The van der Waals surface area contributed by atoms with E-state index in [1.807, 2.05) is 48.5 Å². The first kappa shape index (κ1) is 21.4. The zero-order valence-electron chi connectivity index (χ0n) is 17.2. The van der Waals surface area contributed by atoms with Gasteiger partial charge >= 0.3 is 7.75 Å². The van der Waals surface area contributed by atoms with E-state index in [1.165, 1.54) is 14.2 Å². The summed E-state index contributed by atoms with van der Waals surface area (Å²) in [7, 11) is 0.769. The van der Waals surface area contributed by atoms with Gasteiger partial charge in [0.25, 0.3) is 0 Å². The van der Waals surface area contributed by atoms with Gasteiger partial charge in [0.05, 0.1) is 29.5 Å². The minimum atomic E-state index is -3.43. The van der Waals surface area contributed by atoms with Crippen LogP contribution in [-0.2, 0) is 13.6 Å². The number of para-hydroxylation sites is 1. The van der Waals surface area contributed by atoms with E-state index in [1.54, 1.807) is 19.2 Å². The highest BCUT2D eigenvalue weighted by Crippen LogP contribution is 2.47. The molecule has 7 nitrogen and oxygen atoms in total. The van der Waals surface area contributed by atoms with Crippen LogP contribution in [0.5, 0.6) is 5.75 Å². The van der Waals surface area contributed by atoms with Crippen LogP contribution in [0.4, 0.5) is 17.1 Å². The van der Waals surface area contributed by atoms with Crippen LogP contribution in [0.2, 0.25) is 5.02 Å². The summed E-state index contributed by atoms with van der Waals surface area (Å²) in [6.45, 7) is 0. The Morgan fingerprint density at radius 2 is 1.65 bits per heavy atom. The molecule has 31 heavy (non-hydrogen) atoms. The predicted octanol–water partition coefficient (Wildman–Crippen LogP) is 6.61. The number of nitrogens with one attached hydrogen (secondary N) is 2. The maximum Gasteiger partial charge on any atom is 0.432 e. The van der Waals surface area contributed by atoms with Gasteiger partial charge < -0.3 is 10.1 Å². The van der Waals surface area contributed by atoms with E-state index >= 15 is 0 Å². The lowest BCUT2D eigenvalue weighted by Crippen LogP contribution is -2.02. The van der Waals surface area contributed by atoms with Crippen molar-refractivity contribution in [2.75, 3.05) is 31.7 Å². The Hall–Kier alpha value is -2.83. The van der Waals surface area contributed by atoms with E-state index in [9.17, 15) is 4.57 Å². The molecular weight excluding hydrogens is 437 g/mol. The number of ether oxygens (including phenoxy) is 1. The molecule has 4 rings (SSSR count). The Morgan fingerprint density at radius 3 is 2.39 bits per heavy atom. The molecule has 2 N–H and O–H groups in total. The van der Waals surface area contributed by atoms with Crippen LogP contribution < -0.4 is 15.1 Å². The highest BCUT2D eigenvalue weighted by atomic mass is 35.5. The average Bonchev–Trinajstić information content (AvgIpc) is 2.79. The topological polar surface area (TPSA) is 81.7 Å². The van der Waals surface area contributed by atoms with Crippen molar-refractivity contribution in [1.82, 2.24) is 4.98 Å². The summed E-state index contributed by atoms with van der Waals surface area (Å²) >= 11 is 6.19. The Morgan fingerprint density at radius 1 is 0.903 bits per heavy atom. The van der Waals surface area contributed by atoms with Crippen molar-refractivity contribution in [2.24, 2.45) is 0 Å². The number of hydrogen-bond donors (Lipinski definition) is 2. The zero-order chi connectivity index (χ0) is 22.0. The molecule has 0 bridgehead atoms. The van der Waals surface area contributed by atoms with Crippen LogP contribution in [0.1, 0.15) is 0 Å². The molecule has 1 heterocycles. The number of halogens is 1. The number of rotatable bonds is 7. The SMILES string of the molecule is COc1cc(NP(=O)(OC)OC)ccc1Nc1c2ccccc2nc2cc(Cl)ccc12. The number of benzene rings is 3. The minimum absolute atomic E-state index is 0.533. The molecule has 0 fully saturated rings.